The highest BCUT2D eigenvalue weighted by molar-refractivity contribution is 7.89. The molecule has 9 heteroatoms. The van der Waals surface area contributed by atoms with E-state index in [-0.39, 0.29) is 37.4 Å². The molecule has 1 saturated heterocycles. The maximum absolute atomic E-state index is 12.7. The second-order valence-electron chi connectivity index (χ2n) is 6.87. The summed E-state index contributed by atoms with van der Waals surface area (Å²) in [7, 11) is -3.66. The van der Waals surface area contributed by atoms with Crippen LogP contribution in [0, 0.1) is 12.8 Å². The number of nitrogens with zero attached hydrogens (tertiary/aromatic N) is 2. The van der Waals surface area contributed by atoms with Gasteiger partial charge in [-0.25, -0.2) is 8.42 Å². The Labute approximate surface area is 158 Å². The third-order valence-corrected chi connectivity index (χ3v) is 6.55. The van der Waals surface area contributed by atoms with Crippen LogP contribution < -0.4 is 0 Å². The van der Waals surface area contributed by atoms with Crippen LogP contribution in [0.25, 0.3) is 0 Å². The van der Waals surface area contributed by atoms with Crippen LogP contribution in [0.4, 0.5) is 13.2 Å². The molecule has 0 spiro atoms. The summed E-state index contributed by atoms with van der Waals surface area (Å²) >= 11 is 0. The molecule has 0 radical (unpaired) electrons. The molecule has 1 aliphatic rings. The van der Waals surface area contributed by atoms with E-state index >= 15 is 0 Å². The Morgan fingerprint density at radius 3 is 2.22 bits per heavy atom. The average Bonchev–Trinajstić information content (AvgIpc) is 2.60. The van der Waals surface area contributed by atoms with E-state index < -0.39 is 34.6 Å². The fraction of sp³-hybridized carbons (Fsp3) is 0.611. The van der Waals surface area contributed by atoms with Crippen LogP contribution in [0.1, 0.15) is 31.7 Å². The van der Waals surface area contributed by atoms with Crippen LogP contribution in [0.2, 0.25) is 0 Å². The zero-order valence-corrected chi connectivity index (χ0v) is 16.3. The highest BCUT2D eigenvalue weighted by Crippen LogP contribution is 2.26. The lowest BCUT2D eigenvalue weighted by molar-refractivity contribution is -0.164. The van der Waals surface area contributed by atoms with E-state index in [2.05, 4.69) is 0 Å². The molecule has 1 heterocycles. The van der Waals surface area contributed by atoms with Gasteiger partial charge in [-0.15, -0.1) is 0 Å². The third kappa shape index (κ3) is 5.68. The summed E-state index contributed by atoms with van der Waals surface area (Å²) in [6.07, 6.45) is -3.56. The van der Waals surface area contributed by atoms with E-state index in [4.69, 9.17) is 0 Å². The number of benzene rings is 1. The molecule has 0 aromatic heterocycles. The summed E-state index contributed by atoms with van der Waals surface area (Å²) in [6.45, 7) is 2.60. The van der Waals surface area contributed by atoms with Crippen molar-refractivity contribution in [1.82, 2.24) is 9.21 Å². The molecule has 2 rings (SSSR count). The molecule has 0 bridgehead atoms. The number of alkyl halides is 3. The lowest BCUT2D eigenvalue weighted by Gasteiger charge is -2.34. The Morgan fingerprint density at radius 2 is 1.74 bits per heavy atom. The molecule has 0 N–H and O–H groups in total. The van der Waals surface area contributed by atoms with Gasteiger partial charge in [0.15, 0.2) is 0 Å². The first kappa shape index (κ1) is 21.7. The number of piperidine rings is 1. The quantitative estimate of drug-likeness (QED) is 0.729. The summed E-state index contributed by atoms with van der Waals surface area (Å²) in [5.41, 5.74) is 0.943. The van der Waals surface area contributed by atoms with Crippen molar-refractivity contribution in [3.63, 3.8) is 0 Å². The number of aryl methyl sites for hydroxylation is 1. The second kappa shape index (κ2) is 8.60. The first-order valence-corrected chi connectivity index (χ1v) is 10.4. The van der Waals surface area contributed by atoms with Crippen molar-refractivity contribution in [2.75, 3.05) is 26.2 Å². The molecule has 0 saturated carbocycles. The normalized spacial score (nSPS) is 17.1. The van der Waals surface area contributed by atoms with Gasteiger partial charge in [0.1, 0.15) is 6.54 Å². The van der Waals surface area contributed by atoms with E-state index in [1.807, 2.05) is 6.92 Å². The van der Waals surface area contributed by atoms with Gasteiger partial charge in [-0.2, -0.15) is 17.5 Å². The number of amides is 1. The van der Waals surface area contributed by atoms with E-state index in [0.717, 1.165) is 10.5 Å². The van der Waals surface area contributed by atoms with E-state index in [9.17, 15) is 26.4 Å². The van der Waals surface area contributed by atoms with E-state index in [0.29, 0.717) is 6.42 Å². The van der Waals surface area contributed by atoms with Crippen molar-refractivity contribution in [2.45, 2.75) is 44.2 Å². The SMILES string of the molecule is CCCN(CC(F)(F)F)C(=O)C1CCN(S(=O)(=O)c2ccc(C)cc2)CC1. The molecule has 152 valence electrons. The van der Waals surface area contributed by atoms with Gasteiger partial charge in [-0.3, -0.25) is 4.79 Å². The van der Waals surface area contributed by atoms with Crippen molar-refractivity contribution in [3.05, 3.63) is 29.8 Å². The number of carbonyl (C=O) groups excluding carboxylic acids is 1. The molecule has 5 nitrogen and oxygen atoms in total. The number of halogens is 3. The molecule has 1 aromatic carbocycles. The summed E-state index contributed by atoms with van der Waals surface area (Å²) in [5.74, 6) is -1.12. The Morgan fingerprint density at radius 1 is 1.19 bits per heavy atom. The number of rotatable bonds is 6. The predicted molar refractivity (Wildman–Crippen MR) is 95.6 cm³/mol. The minimum Gasteiger partial charge on any atom is -0.333 e. The summed E-state index contributed by atoms with van der Waals surface area (Å²) in [4.78, 5) is 13.5. The van der Waals surface area contributed by atoms with Crippen LogP contribution in [-0.2, 0) is 14.8 Å². The fourth-order valence-electron chi connectivity index (χ4n) is 3.21. The molecule has 1 aromatic rings. The Kier molecular flexibility index (Phi) is 6.91. The minimum absolute atomic E-state index is 0.0419. The maximum Gasteiger partial charge on any atom is 0.406 e. The van der Waals surface area contributed by atoms with Gasteiger partial charge >= 0.3 is 6.18 Å². The molecular formula is C18H25F3N2O3S. The molecule has 0 aliphatic carbocycles. The van der Waals surface area contributed by atoms with Gasteiger partial charge in [0.2, 0.25) is 15.9 Å². The van der Waals surface area contributed by atoms with Crippen molar-refractivity contribution >= 4 is 15.9 Å². The van der Waals surface area contributed by atoms with Gasteiger partial charge in [0.25, 0.3) is 0 Å². The molecular weight excluding hydrogens is 381 g/mol. The monoisotopic (exact) mass is 406 g/mol. The number of hydrogen-bond donors (Lipinski definition) is 0. The topological polar surface area (TPSA) is 57.7 Å². The van der Waals surface area contributed by atoms with Crippen molar-refractivity contribution in [3.8, 4) is 0 Å². The molecule has 1 aliphatic heterocycles. The van der Waals surface area contributed by atoms with Gasteiger partial charge in [0.05, 0.1) is 4.90 Å². The summed E-state index contributed by atoms with van der Waals surface area (Å²) in [5, 5.41) is 0. The predicted octanol–water partition coefficient (Wildman–Crippen LogP) is 3.20. The molecule has 0 unspecified atom stereocenters. The van der Waals surface area contributed by atoms with Crippen LogP contribution >= 0.6 is 0 Å². The van der Waals surface area contributed by atoms with Crippen LogP contribution in [0.5, 0.6) is 0 Å². The molecule has 0 atom stereocenters. The Balaban J connectivity index is 2.03. The van der Waals surface area contributed by atoms with Crippen molar-refractivity contribution in [2.24, 2.45) is 5.92 Å². The zero-order chi connectivity index (χ0) is 20.2. The smallest absolute Gasteiger partial charge is 0.333 e. The highest BCUT2D eigenvalue weighted by atomic mass is 32.2. The van der Waals surface area contributed by atoms with E-state index in [1.54, 1.807) is 19.1 Å². The van der Waals surface area contributed by atoms with Crippen molar-refractivity contribution in [1.29, 1.82) is 0 Å². The van der Waals surface area contributed by atoms with Crippen LogP contribution in [-0.4, -0.2) is 55.9 Å². The number of sulfonamides is 1. The maximum atomic E-state index is 12.7. The first-order valence-electron chi connectivity index (χ1n) is 8.97. The highest BCUT2D eigenvalue weighted by Gasteiger charge is 2.37. The average molecular weight is 406 g/mol. The standard InChI is InChI=1S/C18H25F3N2O3S/c1-3-10-22(13-18(19,20)21)17(24)15-8-11-23(12-9-15)27(25,26)16-6-4-14(2)5-7-16/h4-7,15H,3,8-13H2,1-2H3. The van der Waals surface area contributed by atoms with E-state index in [1.165, 1.54) is 16.4 Å². The van der Waals surface area contributed by atoms with Gasteiger partial charge in [-0.1, -0.05) is 24.6 Å². The first-order chi connectivity index (χ1) is 12.5. The minimum atomic E-state index is -4.44. The number of hydrogen-bond acceptors (Lipinski definition) is 3. The van der Waals surface area contributed by atoms with Gasteiger partial charge < -0.3 is 4.90 Å². The molecule has 1 fully saturated rings. The molecule has 1 amide bonds. The van der Waals surface area contributed by atoms with Gasteiger partial charge in [-0.05, 0) is 38.3 Å². The van der Waals surface area contributed by atoms with Crippen molar-refractivity contribution < 1.29 is 26.4 Å². The summed E-state index contributed by atoms with van der Waals surface area (Å²) < 4.78 is 64.8. The lowest BCUT2D eigenvalue weighted by atomic mass is 9.96. The van der Waals surface area contributed by atoms with Crippen LogP contribution in [0.15, 0.2) is 29.2 Å². The Hall–Kier alpha value is -1.61. The zero-order valence-electron chi connectivity index (χ0n) is 15.5. The Bertz CT molecular complexity index is 740. The lowest BCUT2D eigenvalue weighted by Crippen LogP contribution is -2.47. The third-order valence-electron chi connectivity index (χ3n) is 4.64. The largest absolute Gasteiger partial charge is 0.406 e. The number of carbonyl (C=O) groups is 1. The molecule has 27 heavy (non-hydrogen) atoms. The summed E-state index contributed by atoms with van der Waals surface area (Å²) in [6, 6.07) is 6.49. The second-order valence-corrected chi connectivity index (χ2v) is 8.80. The van der Waals surface area contributed by atoms with Crippen LogP contribution in [0.3, 0.4) is 0 Å². The fourth-order valence-corrected chi connectivity index (χ4v) is 4.68. The van der Waals surface area contributed by atoms with Gasteiger partial charge in [0, 0.05) is 25.6 Å².